The van der Waals surface area contributed by atoms with Crippen LogP contribution < -0.4 is 0 Å². The van der Waals surface area contributed by atoms with Gasteiger partial charge in [0, 0.05) is 49.0 Å². The van der Waals surface area contributed by atoms with Crippen LogP contribution in [-0.4, -0.2) is 24.5 Å². The zero-order valence-corrected chi connectivity index (χ0v) is 33.4. The molecule has 3 aromatic heterocycles. The Morgan fingerprint density at radius 1 is 0.420 bits per heavy atom. The van der Waals surface area contributed by atoms with Crippen molar-refractivity contribution >= 4 is 116 Å². The lowest BCUT2D eigenvalue weighted by atomic mass is 10.1. The van der Waals surface area contributed by atoms with Gasteiger partial charge in [-0.25, -0.2) is 0 Å². The molecule has 0 amide bonds. The van der Waals surface area contributed by atoms with Crippen molar-refractivity contribution in [1.82, 2.24) is 24.5 Å². The largest absolute Gasteiger partial charge is 0.307 e. The van der Waals surface area contributed by atoms with Gasteiger partial charge in [0.15, 0.2) is 0 Å². The van der Waals surface area contributed by atoms with Crippen molar-refractivity contribution in [3.63, 3.8) is 0 Å². The summed E-state index contributed by atoms with van der Waals surface area (Å²) in [4.78, 5) is 17.5. The van der Waals surface area contributed by atoms with Crippen LogP contribution in [0.15, 0.2) is 160 Å². The molecule has 0 N–H and O–H groups in total. The Bertz CT molecular complexity index is 2520. The van der Waals surface area contributed by atoms with Crippen LogP contribution in [0.5, 0.6) is 0 Å². The molecule has 0 atom stereocenters. The maximum Gasteiger partial charge on any atom is 0.114 e. The van der Waals surface area contributed by atoms with Crippen molar-refractivity contribution in [3.8, 4) is 16.8 Å². The molecule has 0 spiro atoms. The molecular weight excluding hydrogens is 929 g/mol. The predicted octanol–water partition coefficient (Wildman–Crippen LogP) is 12.5. The number of halogens is 4. The second-order valence-electron chi connectivity index (χ2n) is 11.5. The average molecular weight is 956 g/mol. The van der Waals surface area contributed by atoms with E-state index in [-0.39, 0.29) is 24.0 Å². The Labute approximate surface area is 331 Å². The lowest BCUT2D eigenvalue weighted by molar-refractivity contribution is 1.17. The minimum Gasteiger partial charge on any atom is -0.307 e. The zero-order chi connectivity index (χ0) is 33.3. The standard InChI is InChI=1S/C20H12BrN3.C13H10.C8H4Br2N2.HI/c21-15-9-10-18(20-19(15)22-11-12-23-20)24-16-7-3-1-5-13(16)14-6-2-4-8-17(14)24;1-3-7-12-10(5-1)9-11-6-2-4-8-13(11)12;9-5-1-2-6(10)8-7(5)11-3-4-12-8;/h1-12H;1-8H,9H2;1-4H;1H. The van der Waals surface area contributed by atoms with Gasteiger partial charge in [0.25, 0.3) is 0 Å². The van der Waals surface area contributed by atoms with E-state index in [0.717, 1.165) is 47.6 Å². The highest BCUT2D eigenvalue weighted by molar-refractivity contribution is 14.0. The van der Waals surface area contributed by atoms with Crippen molar-refractivity contribution in [1.29, 1.82) is 0 Å². The number of aromatic nitrogens is 5. The first kappa shape index (κ1) is 34.4. The maximum absolute atomic E-state index is 4.60. The normalized spacial score (nSPS) is 11.3. The molecule has 9 heteroatoms. The molecule has 6 aromatic carbocycles. The molecular formula is C41H27Br3IN5. The SMILES string of the molecule is Brc1ccc(-n2c3ccccc3c3ccccc32)c2nccnc12.Brc1ccc(Br)c2nccnc12.I.c1ccc2c(c1)Cc1ccccc1-2. The number of hydrogen-bond acceptors (Lipinski definition) is 4. The molecule has 1 aliphatic carbocycles. The highest BCUT2D eigenvalue weighted by Gasteiger charge is 2.17. The molecule has 0 bridgehead atoms. The van der Waals surface area contributed by atoms with Gasteiger partial charge >= 0.3 is 0 Å². The van der Waals surface area contributed by atoms with E-state index >= 15 is 0 Å². The summed E-state index contributed by atoms with van der Waals surface area (Å²) in [6.07, 6.45) is 7.93. The molecule has 0 aliphatic heterocycles. The van der Waals surface area contributed by atoms with Gasteiger partial charge in [0.1, 0.15) is 22.1 Å². The van der Waals surface area contributed by atoms with Crippen LogP contribution in [0.2, 0.25) is 0 Å². The number of rotatable bonds is 1. The van der Waals surface area contributed by atoms with Crippen LogP contribution in [0, 0.1) is 0 Å². The van der Waals surface area contributed by atoms with Gasteiger partial charge in [-0.15, -0.1) is 24.0 Å². The summed E-state index contributed by atoms with van der Waals surface area (Å²) in [7, 11) is 0. The monoisotopic (exact) mass is 953 g/mol. The van der Waals surface area contributed by atoms with E-state index in [1.54, 1.807) is 24.8 Å². The molecule has 0 unspecified atom stereocenters. The maximum atomic E-state index is 4.60. The van der Waals surface area contributed by atoms with E-state index in [4.69, 9.17) is 0 Å². The minimum absolute atomic E-state index is 0. The molecule has 0 radical (unpaired) electrons. The molecule has 10 rings (SSSR count). The molecule has 0 saturated heterocycles. The summed E-state index contributed by atoms with van der Waals surface area (Å²) in [6.45, 7) is 0. The Balaban J connectivity index is 0.000000128. The van der Waals surface area contributed by atoms with Gasteiger partial charge in [-0.05, 0) is 113 Å². The third-order valence-corrected chi connectivity index (χ3v) is 10.5. The van der Waals surface area contributed by atoms with Crippen molar-refractivity contribution in [3.05, 3.63) is 171 Å². The summed E-state index contributed by atoms with van der Waals surface area (Å²) in [5.74, 6) is 0. The molecule has 0 saturated carbocycles. The number of benzene rings is 6. The first-order chi connectivity index (χ1) is 24.1. The lowest BCUT2D eigenvalue weighted by Gasteiger charge is -2.11. The first-order valence-electron chi connectivity index (χ1n) is 15.7. The van der Waals surface area contributed by atoms with E-state index < -0.39 is 0 Å². The van der Waals surface area contributed by atoms with Crippen LogP contribution in [0.1, 0.15) is 11.1 Å². The lowest BCUT2D eigenvalue weighted by Crippen LogP contribution is -1.97. The smallest absolute Gasteiger partial charge is 0.114 e. The van der Waals surface area contributed by atoms with E-state index in [2.05, 4.69) is 175 Å². The van der Waals surface area contributed by atoms with Crippen LogP contribution in [0.25, 0.3) is 60.7 Å². The third-order valence-electron chi connectivity index (χ3n) is 8.61. The van der Waals surface area contributed by atoms with Crippen molar-refractivity contribution in [2.24, 2.45) is 0 Å². The van der Waals surface area contributed by atoms with Crippen molar-refractivity contribution in [2.75, 3.05) is 0 Å². The van der Waals surface area contributed by atoms with Gasteiger partial charge in [-0.1, -0.05) is 84.9 Å². The highest BCUT2D eigenvalue weighted by Crippen LogP contribution is 2.36. The molecule has 1 aliphatic rings. The fourth-order valence-electron chi connectivity index (χ4n) is 6.44. The second-order valence-corrected chi connectivity index (χ2v) is 14.0. The van der Waals surface area contributed by atoms with Crippen LogP contribution in [-0.2, 0) is 6.42 Å². The predicted molar refractivity (Wildman–Crippen MR) is 227 cm³/mol. The Hall–Kier alpha value is -4.03. The van der Waals surface area contributed by atoms with Gasteiger partial charge in [-0.2, -0.15) is 0 Å². The van der Waals surface area contributed by atoms with Crippen LogP contribution in [0.4, 0.5) is 0 Å². The molecule has 244 valence electrons. The van der Waals surface area contributed by atoms with Crippen LogP contribution in [0.3, 0.4) is 0 Å². The van der Waals surface area contributed by atoms with Crippen molar-refractivity contribution in [2.45, 2.75) is 6.42 Å². The Morgan fingerprint density at radius 2 is 0.800 bits per heavy atom. The minimum atomic E-state index is 0. The highest BCUT2D eigenvalue weighted by atomic mass is 127. The number of para-hydroxylation sites is 2. The van der Waals surface area contributed by atoms with Gasteiger partial charge < -0.3 is 4.57 Å². The third kappa shape index (κ3) is 6.48. The summed E-state index contributed by atoms with van der Waals surface area (Å²) in [5, 5.41) is 2.49. The number of fused-ring (bicyclic) bond motifs is 8. The quantitative estimate of drug-likeness (QED) is 0.154. The Kier molecular flexibility index (Phi) is 10.4. The van der Waals surface area contributed by atoms with Crippen LogP contribution >= 0.6 is 71.8 Å². The van der Waals surface area contributed by atoms with E-state index in [9.17, 15) is 0 Å². The fourth-order valence-corrected chi connectivity index (χ4v) is 7.71. The fraction of sp³-hybridized carbons (Fsp3) is 0.0244. The van der Waals surface area contributed by atoms with Gasteiger partial charge in [0.2, 0.25) is 0 Å². The summed E-state index contributed by atoms with van der Waals surface area (Å²) in [6, 6.07) is 42.3. The number of hydrogen-bond donors (Lipinski definition) is 0. The molecule has 9 aromatic rings. The zero-order valence-electron chi connectivity index (χ0n) is 26.3. The van der Waals surface area contributed by atoms with E-state index in [1.807, 2.05) is 18.2 Å². The summed E-state index contributed by atoms with van der Waals surface area (Å²) in [5.41, 5.74) is 12.7. The molecule has 3 heterocycles. The van der Waals surface area contributed by atoms with E-state index in [0.29, 0.717) is 0 Å². The second kappa shape index (κ2) is 15.1. The summed E-state index contributed by atoms with van der Waals surface area (Å²) >= 11 is 10.4. The van der Waals surface area contributed by atoms with Gasteiger partial charge in [0.05, 0.1) is 16.7 Å². The average Bonchev–Trinajstić information content (AvgIpc) is 3.70. The topological polar surface area (TPSA) is 56.5 Å². The molecule has 5 nitrogen and oxygen atoms in total. The van der Waals surface area contributed by atoms with E-state index in [1.165, 1.54) is 44.1 Å². The van der Waals surface area contributed by atoms with Gasteiger partial charge in [-0.3, -0.25) is 19.9 Å². The van der Waals surface area contributed by atoms with Crippen molar-refractivity contribution < 1.29 is 0 Å². The Morgan fingerprint density at radius 3 is 1.30 bits per heavy atom. The molecule has 0 fully saturated rings. The summed E-state index contributed by atoms with van der Waals surface area (Å²) < 4.78 is 5.16. The first-order valence-corrected chi connectivity index (χ1v) is 18.0. The number of nitrogens with zero attached hydrogens (tertiary/aromatic N) is 5. The molecule has 50 heavy (non-hydrogen) atoms.